The van der Waals surface area contributed by atoms with Crippen molar-refractivity contribution in [2.45, 2.75) is 65.2 Å². The number of carbonyl (C=O) groups excluding carboxylic acids is 4. The molecule has 10 heteroatoms. The molecule has 200 valence electrons. The maximum Gasteiger partial charge on any atom is 0.254 e. The van der Waals surface area contributed by atoms with E-state index in [0.29, 0.717) is 54.2 Å². The fourth-order valence-electron chi connectivity index (χ4n) is 4.88. The van der Waals surface area contributed by atoms with Gasteiger partial charge in [-0.2, -0.15) is 5.10 Å². The van der Waals surface area contributed by atoms with E-state index in [-0.39, 0.29) is 35.5 Å². The molecule has 3 N–H and O–H groups in total. The molecule has 0 spiro atoms. The molecule has 3 aliphatic rings. The summed E-state index contributed by atoms with van der Waals surface area (Å²) in [5, 5.41) is 15.2. The monoisotopic (exact) mass is 535 g/mol. The highest BCUT2D eigenvalue weighted by Gasteiger charge is 2.35. The summed E-state index contributed by atoms with van der Waals surface area (Å²) >= 11 is 1.46. The summed E-state index contributed by atoms with van der Waals surface area (Å²) in [5.74, 6) is -0.739. The number of rotatable bonds is 9. The third kappa shape index (κ3) is 5.65. The van der Waals surface area contributed by atoms with Gasteiger partial charge in [-0.25, -0.2) is 5.01 Å². The standard InChI is InChI=1S/C28H33N5O4S/c1-3-4-12-29-27(37)24-21-14-18(10-11-22(21)38-28(24)31-25(35)17-8-9-17)26(36)30-19-6-5-7-20(15-19)33-23(34)13-16(2)32-33/h5-7,15,17-18H,3-4,8-14H2,1-2H3,(H,29,37)(H,30,36)(H,31,35). The minimum Gasteiger partial charge on any atom is -0.352 e. The van der Waals surface area contributed by atoms with Crippen LogP contribution in [-0.2, 0) is 27.2 Å². The topological polar surface area (TPSA) is 120 Å². The van der Waals surface area contributed by atoms with Crippen molar-refractivity contribution in [2.75, 3.05) is 22.2 Å². The molecular weight excluding hydrogens is 502 g/mol. The van der Waals surface area contributed by atoms with Crippen molar-refractivity contribution >= 4 is 57.1 Å². The van der Waals surface area contributed by atoms with Gasteiger partial charge in [-0.1, -0.05) is 19.4 Å². The second-order valence-corrected chi connectivity index (χ2v) is 11.4. The number of nitrogens with one attached hydrogen (secondary N) is 3. The highest BCUT2D eigenvalue weighted by atomic mass is 32.1. The van der Waals surface area contributed by atoms with E-state index in [0.717, 1.165) is 41.8 Å². The van der Waals surface area contributed by atoms with E-state index in [1.54, 1.807) is 24.3 Å². The van der Waals surface area contributed by atoms with E-state index in [2.05, 4.69) is 28.0 Å². The van der Waals surface area contributed by atoms with E-state index < -0.39 is 0 Å². The number of nitrogens with zero attached hydrogens (tertiary/aromatic N) is 2. The highest BCUT2D eigenvalue weighted by molar-refractivity contribution is 7.17. The smallest absolute Gasteiger partial charge is 0.254 e. The Morgan fingerprint density at radius 1 is 1.11 bits per heavy atom. The lowest BCUT2D eigenvalue weighted by Crippen LogP contribution is -2.30. The van der Waals surface area contributed by atoms with Crippen LogP contribution in [0.25, 0.3) is 0 Å². The van der Waals surface area contributed by atoms with Crippen molar-refractivity contribution in [1.29, 1.82) is 0 Å². The molecule has 2 aliphatic carbocycles. The molecule has 5 rings (SSSR count). The van der Waals surface area contributed by atoms with Gasteiger partial charge in [-0.05, 0) is 69.2 Å². The predicted octanol–water partition coefficient (Wildman–Crippen LogP) is 4.48. The van der Waals surface area contributed by atoms with Crippen molar-refractivity contribution in [3.63, 3.8) is 0 Å². The molecule has 0 radical (unpaired) electrons. The summed E-state index contributed by atoms with van der Waals surface area (Å²) in [4.78, 5) is 52.4. The minimum absolute atomic E-state index is 0.0311. The van der Waals surface area contributed by atoms with E-state index in [4.69, 9.17) is 0 Å². The van der Waals surface area contributed by atoms with Gasteiger partial charge in [-0.15, -0.1) is 11.3 Å². The van der Waals surface area contributed by atoms with Gasteiger partial charge < -0.3 is 16.0 Å². The first-order valence-electron chi connectivity index (χ1n) is 13.4. The fourth-order valence-corrected chi connectivity index (χ4v) is 6.12. The average Bonchev–Trinajstić information content (AvgIpc) is 3.61. The minimum atomic E-state index is -0.316. The van der Waals surface area contributed by atoms with Crippen LogP contribution in [0.1, 0.15) is 73.2 Å². The Bertz CT molecular complexity index is 1310. The van der Waals surface area contributed by atoms with E-state index in [9.17, 15) is 19.2 Å². The first-order chi connectivity index (χ1) is 18.3. The summed E-state index contributed by atoms with van der Waals surface area (Å²) in [6.07, 6.45) is 5.66. The largest absolute Gasteiger partial charge is 0.352 e. The van der Waals surface area contributed by atoms with Crippen molar-refractivity contribution in [1.82, 2.24) is 5.32 Å². The van der Waals surface area contributed by atoms with Gasteiger partial charge in [0.2, 0.25) is 11.8 Å². The molecular formula is C28H33N5O4S. The number of hydrogen-bond donors (Lipinski definition) is 3. The lowest BCUT2D eigenvalue weighted by atomic mass is 9.85. The van der Waals surface area contributed by atoms with Crippen molar-refractivity contribution in [2.24, 2.45) is 16.9 Å². The molecule has 2 aromatic rings. The van der Waals surface area contributed by atoms with Gasteiger partial charge in [-0.3, -0.25) is 19.2 Å². The third-order valence-corrected chi connectivity index (χ3v) is 8.34. The normalized spacial score (nSPS) is 18.6. The van der Waals surface area contributed by atoms with Crippen LogP contribution in [0.5, 0.6) is 0 Å². The molecule has 1 aromatic carbocycles. The van der Waals surface area contributed by atoms with Gasteiger partial charge in [0.1, 0.15) is 5.00 Å². The molecule has 1 fully saturated rings. The first kappa shape index (κ1) is 26.1. The molecule has 0 bridgehead atoms. The zero-order chi connectivity index (χ0) is 26.8. The predicted molar refractivity (Wildman–Crippen MR) is 149 cm³/mol. The number of carbonyl (C=O) groups is 4. The van der Waals surface area contributed by atoms with Gasteiger partial charge in [0.05, 0.1) is 17.7 Å². The molecule has 4 amide bonds. The van der Waals surface area contributed by atoms with E-state index in [1.807, 2.05) is 6.92 Å². The summed E-state index contributed by atoms with van der Waals surface area (Å²) in [6, 6.07) is 7.10. The van der Waals surface area contributed by atoms with Gasteiger partial charge >= 0.3 is 0 Å². The summed E-state index contributed by atoms with van der Waals surface area (Å²) < 4.78 is 0. The van der Waals surface area contributed by atoms with Crippen LogP contribution in [0.15, 0.2) is 29.4 Å². The van der Waals surface area contributed by atoms with Gasteiger partial charge in [0.15, 0.2) is 0 Å². The molecule has 38 heavy (non-hydrogen) atoms. The SMILES string of the molecule is CCCCNC(=O)c1c(NC(=O)C2CC2)sc2c1CC(C(=O)Nc1cccc(N3N=C(C)CC3=O)c1)CC2. The van der Waals surface area contributed by atoms with Gasteiger partial charge in [0.25, 0.3) is 11.8 Å². The molecule has 9 nitrogen and oxygen atoms in total. The maximum atomic E-state index is 13.3. The second kappa shape index (κ2) is 11.1. The maximum absolute atomic E-state index is 13.3. The summed E-state index contributed by atoms with van der Waals surface area (Å²) in [6.45, 7) is 4.45. The lowest BCUT2D eigenvalue weighted by Gasteiger charge is -2.23. The van der Waals surface area contributed by atoms with Gasteiger partial charge in [0, 0.05) is 34.7 Å². The quantitative estimate of drug-likeness (QED) is 0.410. The van der Waals surface area contributed by atoms with Crippen LogP contribution in [0.4, 0.5) is 16.4 Å². The number of amides is 4. The number of anilines is 3. The van der Waals surface area contributed by atoms with Crippen LogP contribution in [-0.4, -0.2) is 35.9 Å². The van der Waals surface area contributed by atoms with Crippen LogP contribution in [0, 0.1) is 11.8 Å². The molecule has 1 unspecified atom stereocenters. The molecule has 1 atom stereocenters. The molecule has 0 saturated heterocycles. The number of fused-ring (bicyclic) bond motifs is 1. The first-order valence-corrected chi connectivity index (χ1v) is 14.2. The Labute approximate surface area is 226 Å². The number of aryl methyl sites for hydroxylation is 1. The second-order valence-electron chi connectivity index (χ2n) is 10.3. The fraction of sp³-hybridized carbons (Fsp3) is 0.464. The number of unbranched alkanes of at least 4 members (excludes halogenated alkanes) is 1. The van der Waals surface area contributed by atoms with Crippen molar-refractivity contribution < 1.29 is 19.2 Å². The molecule has 2 heterocycles. The van der Waals surface area contributed by atoms with Crippen LogP contribution < -0.4 is 21.0 Å². The van der Waals surface area contributed by atoms with Crippen LogP contribution in [0.2, 0.25) is 0 Å². The lowest BCUT2D eigenvalue weighted by molar-refractivity contribution is -0.120. The molecule has 1 saturated carbocycles. The Hall–Kier alpha value is -3.53. The highest BCUT2D eigenvalue weighted by Crippen LogP contribution is 2.41. The zero-order valence-electron chi connectivity index (χ0n) is 21.8. The van der Waals surface area contributed by atoms with Crippen LogP contribution in [0.3, 0.4) is 0 Å². The summed E-state index contributed by atoms with van der Waals surface area (Å²) in [5.41, 5.74) is 3.32. The van der Waals surface area contributed by atoms with E-state index >= 15 is 0 Å². The Kier molecular flexibility index (Phi) is 7.60. The van der Waals surface area contributed by atoms with Crippen LogP contribution >= 0.6 is 11.3 Å². The number of hydrazone groups is 1. The Morgan fingerprint density at radius 3 is 2.61 bits per heavy atom. The Balaban J connectivity index is 1.33. The number of benzene rings is 1. The van der Waals surface area contributed by atoms with Crippen molar-refractivity contribution in [3.8, 4) is 0 Å². The zero-order valence-corrected chi connectivity index (χ0v) is 22.6. The molecule has 1 aliphatic heterocycles. The van der Waals surface area contributed by atoms with Crippen molar-refractivity contribution in [3.05, 3.63) is 40.3 Å². The Morgan fingerprint density at radius 2 is 1.89 bits per heavy atom. The average molecular weight is 536 g/mol. The van der Waals surface area contributed by atoms with E-state index in [1.165, 1.54) is 16.3 Å². The number of thiophene rings is 1. The number of hydrogen-bond acceptors (Lipinski definition) is 6. The molecule has 1 aromatic heterocycles. The third-order valence-electron chi connectivity index (χ3n) is 7.13. The summed E-state index contributed by atoms with van der Waals surface area (Å²) in [7, 11) is 0.